The molecular weight excluding hydrogens is 605 g/mol. The maximum absolute atomic E-state index is 14.2. The largest absolute Gasteiger partial charge is 0.341 e. The van der Waals surface area contributed by atoms with Crippen molar-refractivity contribution in [3.05, 3.63) is 111 Å². The van der Waals surface area contributed by atoms with Crippen molar-refractivity contribution < 1.29 is 4.79 Å². The van der Waals surface area contributed by atoms with Crippen LogP contribution in [0.2, 0.25) is 10.0 Å². The molecule has 1 fully saturated rings. The fourth-order valence-electron chi connectivity index (χ4n) is 6.65. The minimum Gasteiger partial charge on any atom is -0.341 e. The van der Waals surface area contributed by atoms with Crippen LogP contribution in [0.4, 0.5) is 0 Å². The molecule has 1 amide bonds. The maximum Gasteiger partial charge on any atom is 0.254 e. The van der Waals surface area contributed by atoms with Crippen molar-refractivity contribution in [2.45, 2.75) is 49.3 Å². The van der Waals surface area contributed by atoms with Crippen LogP contribution in [-0.4, -0.2) is 55.2 Å². The first-order chi connectivity index (χ1) is 21.3. The predicted molar refractivity (Wildman–Crippen MR) is 185 cm³/mol. The Kier molecular flexibility index (Phi) is 10.9. The zero-order valence-electron chi connectivity index (χ0n) is 25.7. The second-order valence-electron chi connectivity index (χ2n) is 11.7. The molecule has 0 unspecified atom stereocenters. The van der Waals surface area contributed by atoms with E-state index in [4.69, 9.17) is 23.2 Å². The molecule has 1 aliphatic heterocycles. The molecule has 4 nitrogen and oxygen atoms in total. The number of amides is 1. The number of fused-ring (bicyclic) bond motifs is 1. The van der Waals surface area contributed by atoms with Crippen LogP contribution >= 0.6 is 35.0 Å². The Morgan fingerprint density at radius 3 is 2.48 bits per heavy atom. The minimum absolute atomic E-state index is 0.0616. The predicted octanol–water partition coefficient (Wildman–Crippen LogP) is 9.43. The third kappa shape index (κ3) is 7.11. The van der Waals surface area contributed by atoms with Gasteiger partial charge in [0.2, 0.25) is 0 Å². The average Bonchev–Trinajstić information content (AvgIpc) is 3.06. The summed E-state index contributed by atoms with van der Waals surface area (Å²) in [6.07, 6.45) is 5.95. The first kappa shape index (κ1) is 32.4. The van der Waals surface area contributed by atoms with E-state index in [1.807, 2.05) is 79.2 Å². The van der Waals surface area contributed by atoms with E-state index in [0.717, 1.165) is 60.8 Å². The molecule has 1 aliphatic rings. The van der Waals surface area contributed by atoms with E-state index in [9.17, 15) is 10.1 Å². The van der Waals surface area contributed by atoms with Gasteiger partial charge in [0.1, 0.15) is 0 Å². The topological polar surface area (TPSA) is 47.3 Å². The summed E-state index contributed by atoms with van der Waals surface area (Å²) in [5.74, 6) is 0.605. The summed E-state index contributed by atoms with van der Waals surface area (Å²) in [7, 11) is 1.87. The molecule has 0 aromatic heterocycles. The number of likely N-dealkylation sites (N-methyl/N-ethyl adjacent to an activating group) is 1. The fraction of sp³-hybridized carbons (Fsp3) is 0.351. The summed E-state index contributed by atoms with van der Waals surface area (Å²) in [4.78, 5) is 19.9. The molecule has 0 aliphatic carbocycles. The van der Waals surface area contributed by atoms with Crippen LogP contribution in [-0.2, 0) is 6.42 Å². The standard InChI is InChI=1S/C37H39Cl2N3OS/c1-4-30-29(23-40)21-27-9-5-6-11-32(27)36(30)37(43)41(2)24-28(26-13-14-33(38)34(39)22-26)17-20-42-18-15-25(16-19-42)31-10-7-8-12-35(31)44-3/h5-14,21-22,25,28H,4,15-20,24H2,1-3H3/t28-/m1/s1. The van der Waals surface area contributed by atoms with Gasteiger partial charge in [0, 0.05) is 24.4 Å². The Morgan fingerprint density at radius 2 is 1.77 bits per heavy atom. The third-order valence-corrected chi connectivity index (χ3v) is 10.6. The highest BCUT2D eigenvalue weighted by molar-refractivity contribution is 7.98. The van der Waals surface area contributed by atoms with Crippen molar-refractivity contribution in [2.24, 2.45) is 0 Å². The summed E-state index contributed by atoms with van der Waals surface area (Å²) in [6, 6.07) is 26.7. The number of halogens is 2. The van der Waals surface area contributed by atoms with Crippen molar-refractivity contribution in [1.29, 1.82) is 5.26 Å². The zero-order valence-corrected chi connectivity index (χ0v) is 28.0. The van der Waals surface area contributed by atoms with Gasteiger partial charge in [0.05, 0.1) is 27.2 Å². The van der Waals surface area contributed by atoms with E-state index in [-0.39, 0.29) is 11.8 Å². The van der Waals surface area contributed by atoms with Crippen molar-refractivity contribution in [3.8, 4) is 6.07 Å². The van der Waals surface area contributed by atoms with Gasteiger partial charge in [-0.25, -0.2) is 0 Å². The molecule has 0 N–H and O–H groups in total. The second kappa shape index (κ2) is 14.8. The van der Waals surface area contributed by atoms with E-state index in [1.54, 1.807) is 0 Å². The molecule has 5 rings (SSSR count). The maximum atomic E-state index is 14.2. The van der Waals surface area contributed by atoms with Gasteiger partial charge >= 0.3 is 0 Å². The number of rotatable bonds is 10. The Balaban J connectivity index is 1.35. The molecule has 1 atom stereocenters. The Morgan fingerprint density at radius 1 is 1.05 bits per heavy atom. The number of hydrogen-bond donors (Lipinski definition) is 0. The van der Waals surface area contributed by atoms with Crippen LogP contribution in [0.15, 0.2) is 77.7 Å². The van der Waals surface area contributed by atoms with E-state index in [0.29, 0.717) is 40.1 Å². The van der Waals surface area contributed by atoms with Gasteiger partial charge in [-0.2, -0.15) is 5.26 Å². The molecule has 0 spiro atoms. The molecule has 228 valence electrons. The lowest BCUT2D eigenvalue weighted by Gasteiger charge is -2.34. The first-order valence-corrected chi connectivity index (χ1v) is 17.3. The Labute approximate surface area is 275 Å². The highest BCUT2D eigenvalue weighted by Crippen LogP contribution is 2.35. The molecular formula is C37H39Cl2N3OS. The van der Waals surface area contributed by atoms with Gasteiger partial charge in [-0.05, 0) is 109 Å². The molecule has 44 heavy (non-hydrogen) atoms. The number of nitriles is 1. The van der Waals surface area contributed by atoms with Gasteiger partial charge in [0.15, 0.2) is 0 Å². The Hall–Kier alpha value is -3.01. The minimum atomic E-state index is -0.0616. The van der Waals surface area contributed by atoms with Crippen LogP contribution < -0.4 is 0 Å². The number of hydrogen-bond acceptors (Lipinski definition) is 4. The molecule has 0 radical (unpaired) electrons. The number of piperidine rings is 1. The lowest BCUT2D eigenvalue weighted by Crippen LogP contribution is -2.36. The summed E-state index contributed by atoms with van der Waals surface area (Å²) < 4.78 is 0. The van der Waals surface area contributed by atoms with Crippen LogP contribution in [0.25, 0.3) is 10.8 Å². The van der Waals surface area contributed by atoms with Gasteiger partial charge in [-0.1, -0.05) is 78.7 Å². The second-order valence-corrected chi connectivity index (χ2v) is 13.3. The van der Waals surface area contributed by atoms with E-state index < -0.39 is 0 Å². The SMILES string of the molecule is CCc1c(C#N)cc2ccccc2c1C(=O)N(C)C[C@@H](CCN1CCC(c2ccccc2SC)CC1)c1ccc(Cl)c(Cl)c1. The highest BCUT2D eigenvalue weighted by atomic mass is 35.5. The lowest BCUT2D eigenvalue weighted by molar-refractivity contribution is 0.0782. The van der Waals surface area contributed by atoms with E-state index in [2.05, 4.69) is 41.5 Å². The molecule has 1 heterocycles. The molecule has 0 bridgehead atoms. The van der Waals surface area contributed by atoms with Crippen molar-refractivity contribution in [2.75, 3.05) is 39.5 Å². The number of nitrogens with zero attached hydrogens (tertiary/aromatic N) is 3. The van der Waals surface area contributed by atoms with E-state index >= 15 is 0 Å². The summed E-state index contributed by atoms with van der Waals surface area (Å²) in [5.41, 5.74) is 4.56. The fourth-order valence-corrected chi connectivity index (χ4v) is 7.64. The molecule has 0 saturated carbocycles. The van der Waals surface area contributed by atoms with Crippen LogP contribution in [0.1, 0.15) is 70.6 Å². The normalized spacial score (nSPS) is 14.8. The molecule has 4 aromatic carbocycles. The number of thioether (sulfide) groups is 1. The van der Waals surface area contributed by atoms with Crippen LogP contribution in [0.5, 0.6) is 0 Å². The number of carbonyl (C=O) groups is 1. The average molecular weight is 645 g/mol. The summed E-state index contributed by atoms with van der Waals surface area (Å²) >= 11 is 14.6. The lowest BCUT2D eigenvalue weighted by atomic mass is 9.88. The number of carbonyl (C=O) groups excluding carboxylic acids is 1. The van der Waals surface area contributed by atoms with Crippen molar-refractivity contribution in [3.63, 3.8) is 0 Å². The summed E-state index contributed by atoms with van der Waals surface area (Å²) in [6.45, 7) is 5.59. The quantitative estimate of drug-likeness (QED) is 0.161. The van der Waals surface area contributed by atoms with Crippen molar-refractivity contribution >= 4 is 51.6 Å². The molecule has 7 heteroatoms. The smallest absolute Gasteiger partial charge is 0.254 e. The van der Waals surface area contributed by atoms with Gasteiger partial charge in [-0.15, -0.1) is 11.8 Å². The number of likely N-dealkylation sites (tertiary alicyclic amines) is 1. The Bertz CT molecular complexity index is 1680. The van der Waals surface area contributed by atoms with Crippen LogP contribution in [0.3, 0.4) is 0 Å². The molecule has 4 aromatic rings. The van der Waals surface area contributed by atoms with Crippen molar-refractivity contribution in [1.82, 2.24) is 9.80 Å². The zero-order chi connectivity index (χ0) is 31.2. The number of benzene rings is 4. The highest BCUT2D eigenvalue weighted by Gasteiger charge is 2.26. The van der Waals surface area contributed by atoms with Gasteiger partial charge < -0.3 is 9.80 Å². The third-order valence-electron chi connectivity index (χ3n) is 9.06. The van der Waals surface area contributed by atoms with Crippen LogP contribution in [0, 0.1) is 11.3 Å². The first-order valence-electron chi connectivity index (χ1n) is 15.3. The van der Waals surface area contributed by atoms with Gasteiger partial charge in [-0.3, -0.25) is 4.79 Å². The van der Waals surface area contributed by atoms with Gasteiger partial charge in [0.25, 0.3) is 5.91 Å². The monoisotopic (exact) mass is 643 g/mol. The summed E-state index contributed by atoms with van der Waals surface area (Å²) in [5, 5.41) is 12.7. The van der Waals surface area contributed by atoms with E-state index in [1.165, 1.54) is 10.5 Å². The molecule has 1 saturated heterocycles.